The number of esters is 1. The summed E-state index contributed by atoms with van der Waals surface area (Å²) in [6, 6.07) is 15.4. The van der Waals surface area contributed by atoms with E-state index in [-0.39, 0.29) is 23.7 Å². The van der Waals surface area contributed by atoms with E-state index >= 15 is 0 Å². The lowest BCUT2D eigenvalue weighted by Crippen LogP contribution is -2.26. The molecule has 0 aromatic heterocycles. The zero-order valence-electron chi connectivity index (χ0n) is 24.1. The second-order valence-corrected chi connectivity index (χ2v) is 11.2. The summed E-state index contributed by atoms with van der Waals surface area (Å²) in [5, 5.41) is 9.90. The number of benzene rings is 2. The van der Waals surface area contributed by atoms with Crippen LogP contribution in [0.25, 0.3) is 0 Å². The van der Waals surface area contributed by atoms with Gasteiger partial charge in [0.05, 0.1) is 18.4 Å². The molecule has 214 valence electrons. The smallest absolute Gasteiger partial charge is 0.314 e. The molecule has 0 saturated heterocycles. The molecule has 1 fully saturated rings. The van der Waals surface area contributed by atoms with Gasteiger partial charge in [-0.25, -0.2) is 0 Å². The third-order valence-corrected chi connectivity index (χ3v) is 8.29. The fourth-order valence-corrected chi connectivity index (χ4v) is 5.87. The summed E-state index contributed by atoms with van der Waals surface area (Å²) in [4.78, 5) is 12.9. The van der Waals surface area contributed by atoms with Crippen LogP contribution in [0.15, 0.2) is 53.9 Å². The van der Waals surface area contributed by atoms with Crippen LogP contribution in [-0.2, 0) is 4.79 Å². The average Bonchev–Trinajstić information content (AvgIpc) is 2.97. The number of nitrogens with zero attached hydrogens (tertiary/aromatic N) is 1. The Hall–Kier alpha value is -3.46. The molecule has 2 aliphatic rings. The van der Waals surface area contributed by atoms with Crippen LogP contribution in [0.1, 0.15) is 108 Å². The molecule has 0 amide bonds. The molecule has 0 radical (unpaired) electrons. The third-order valence-electron chi connectivity index (χ3n) is 8.29. The van der Waals surface area contributed by atoms with Gasteiger partial charge in [-0.2, -0.15) is 5.26 Å². The first kappa shape index (κ1) is 29.5. The Bertz CT molecular complexity index is 1190. The number of ether oxygens (including phenoxy) is 3. The number of nitriles is 1. The number of carbonyl (C=O) groups is 1. The quantitative estimate of drug-likeness (QED) is 0.155. The van der Waals surface area contributed by atoms with Crippen molar-refractivity contribution in [1.82, 2.24) is 0 Å². The van der Waals surface area contributed by atoms with E-state index in [0.717, 1.165) is 54.9 Å². The molecule has 0 bridgehead atoms. The van der Waals surface area contributed by atoms with Crippen molar-refractivity contribution in [2.75, 3.05) is 6.61 Å². The maximum Gasteiger partial charge on any atom is 0.314 e. The Labute approximate surface area is 239 Å². The highest BCUT2D eigenvalue weighted by atomic mass is 16.5. The molecule has 1 saturated carbocycles. The molecule has 2 N–H and O–H groups in total. The molecule has 6 nitrogen and oxygen atoms in total. The van der Waals surface area contributed by atoms with Crippen molar-refractivity contribution < 1.29 is 19.0 Å². The minimum Gasteiger partial charge on any atom is -0.494 e. The van der Waals surface area contributed by atoms with Crippen LogP contribution in [-0.4, -0.2) is 12.6 Å². The second-order valence-electron chi connectivity index (χ2n) is 11.2. The molecule has 1 heterocycles. The molecule has 1 unspecified atom stereocenters. The van der Waals surface area contributed by atoms with E-state index in [4.69, 9.17) is 19.9 Å². The van der Waals surface area contributed by atoms with Crippen LogP contribution in [0.2, 0.25) is 0 Å². The van der Waals surface area contributed by atoms with Gasteiger partial charge in [0.15, 0.2) is 0 Å². The van der Waals surface area contributed by atoms with Crippen LogP contribution >= 0.6 is 0 Å². The van der Waals surface area contributed by atoms with Crippen LogP contribution < -0.4 is 19.9 Å². The molecule has 6 heteroatoms. The van der Waals surface area contributed by atoms with E-state index in [2.05, 4.69) is 19.9 Å². The summed E-state index contributed by atoms with van der Waals surface area (Å²) in [6.07, 6.45) is 13.7. The van der Waals surface area contributed by atoms with Crippen LogP contribution in [0.3, 0.4) is 0 Å². The Morgan fingerprint density at radius 3 is 2.35 bits per heavy atom. The number of rotatable bonds is 13. The monoisotopic (exact) mass is 544 g/mol. The predicted molar refractivity (Wildman–Crippen MR) is 157 cm³/mol. The average molecular weight is 545 g/mol. The van der Waals surface area contributed by atoms with Gasteiger partial charge < -0.3 is 19.9 Å². The molecule has 1 aliphatic carbocycles. The Morgan fingerprint density at radius 2 is 1.65 bits per heavy atom. The molecule has 1 atom stereocenters. The Kier molecular flexibility index (Phi) is 10.9. The standard InChI is InChI=1S/C34H44N2O4/c1-3-5-7-8-9-21-38-27-17-15-25(16-18-27)32-29-20-19-28(22-31(29)40-33(36)30(32)23-35)39-34(37)26-13-11-24(12-14-26)10-6-4-2/h15-20,22,24,26,32H,3-14,21,36H2,1-2H3. The topological polar surface area (TPSA) is 94.6 Å². The molecule has 4 rings (SSSR count). The lowest BCUT2D eigenvalue weighted by Gasteiger charge is -2.28. The molecule has 40 heavy (non-hydrogen) atoms. The summed E-state index contributed by atoms with van der Waals surface area (Å²) in [5.41, 5.74) is 8.29. The third kappa shape index (κ3) is 7.59. The zero-order chi connectivity index (χ0) is 28.3. The maximum absolute atomic E-state index is 12.9. The Balaban J connectivity index is 1.41. The highest BCUT2D eigenvalue weighted by Crippen LogP contribution is 2.44. The van der Waals surface area contributed by atoms with E-state index in [1.807, 2.05) is 30.3 Å². The van der Waals surface area contributed by atoms with E-state index in [1.165, 1.54) is 44.9 Å². The number of hydrogen-bond donors (Lipinski definition) is 1. The molecule has 1 aliphatic heterocycles. The molecule has 2 aromatic rings. The fourth-order valence-electron chi connectivity index (χ4n) is 5.87. The van der Waals surface area contributed by atoms with Crippen LogP contribution in [0.5, 0.6) is 17.2 Å². The van der Waals surface area contributed by atoms with Crippen LogP contribution in [0, 0.1) is 23.2 Å². The SMILES string of the molecule is CCCCCCCOc1ccc(C2C(C#N)=C(N)Oc3cc(OC(=O)C4CCC(CCCC)CC4)ccc32)cc1. The van der Waals surface area contributed by atoms with Crippen molar-refractivity contribution in [3.8, 4) is 23.3 Å². The minimum absolute atomic E-state index is 0.0604. The van der Waals surface area contributed by atoms with Gasteiger partial charge in [0.25, 0.3) is 0 Å². The lowest BCUT2D eigenvalue weighted by molar-refractivity contribution is -0.140. The first-order chi connectivity index (χ1) is 19.5. The summed E-state index contributed by atoms with van der Waals surface area (Å²) >= 11 is 0. The van der Waals surface area contributed by atoms with Crippen LogP contribution in [0.4, 0.5) is 0 Å². The molecular formula is C34H44N2O4. The molecular weight excluding hydrogens is 500 g/mol. The number of allylic oxidation sites excluding steroid dienone is 1. The number of hydrogen-bond acceptors (Lipinski definition) is 6. The second kappa shape index (κ2) is 14.8. The van der Waals surface area contributed by atoms with E-state index in [1.54, 1.807) is 12.1 Å². The van der Waals surface area contributed by atoms with Gasteiger partial charge in [-0.3, -0.25) is 4.79 Å². The van der Waals surface area contributed by atoms with E-state index in [9.17, 15) is 10.1 Å². The van der Waals surface area contributed by atoms with Crippen molar-refractivity contribution in [1.29, 1.82) is 5.26 Å². The van der Waals surface area contributed by atoms with Gasteiger partial charge in [-0.1, -0.05) is 77.0 Å². The normalized spacial score (nSPS) is 20.3. The maximum atomic E-state index is 12.9. The highest BCUT2D eigenvalue weighted by Gasteiger charge is 2.32. The molecule has 2 aromatic carbocycles. The first-order valence-electron chi connectivity index (χ1n) is 15.2. The Morgan fingerprint density at radius 1 is 0.950 bits per heavy atom. The highest BCUT2D eigenvalue weighted by molar-refractivity contribution is 5.75. The molecule has 0 spiro atoms. The first-order valence-corrected chi connectivity index (χ1v) is 15.2. The van der Waals surface area contributed by atoms with E-state index in [0.29, 0.717) is 23.7 Å². The van der Waals surface area contributed by atoms with Gasteiger partial charge in [-0.15, -0.1) is 0 Å². The summed E-state index contributed by atoms with van der Waals surface area (Å²) in [7, 11) is 0. The van der Waals surface area contributed by atoms with Crippen molar-refractivity contribution in [3.63, 3.8) is 0 Å². The summed E-state index contributed by atoms with van der Waals surface area (Å²) in [5.74, 6) is 1.94. The minimum atomic E-state index is -0.375. The number of nitrogens with two attached hydrogens (primary N) is 1. The zero-order valence-corrected chi connectivity index (χ0v) is 24.1. The number of fused-ring (bicyclic) bond motifs is 1. The number of unbranched alkanes of at least 4 members (excludes halogenated alkanes) is 5. The van der Waals surface area contributed by atoms with Crippen molar-refractivity contribution in [3.05, 3.63) is 65.0 Å². The van der Waals surface area contributed by atoms with Gasteiger partial charge in [0.2, 0.25) is 5.88 Å². The van der Waals surface area contributed by atoms with E-state index < -0.39 is 0 Å². The summed E-state index contributed by atoms with van der Waals surface area (Å²) < 4.78 is 17.6. The van der Waals surface area contributed by atoms with Crippen molar-refractivity contribution in [2.24, 2.45) is 17.6 Å². The van der Waals surface area contributed by atoms with Gasteiger partial charge in [0.1, 0.15) is 28.9 Å². The van der Waals surface area contributed by atoms with Gasteiger partial charge in [-0.05, 0) is 61.8 Å². The lowest BCUT2D eigenvalue weighted by atomic mass is 9.80. The van der Waals surface area contributed by atoms with Gasteiger partial charge >= 0.3 is 5.97 Å². The fraction of sp³-hybridized carbons (Fsp3) is 0.529. The van der Waals surface area contributed by atoms with Crippen molar-refractivity contribution >= 4 is 5.97 Å². The van der Waals surface area contributed by atoms with Crippen molar-refractivity contribution in [2.45, 2.75) is 96.8 Å². The largest absolute Gasteiger partial charge is 0.494 e. The summed E-state index contributed by atoms with van der Waals surface area (Å²) in [6.45, 7) is 5.13. The predicted octanol–water partition coefficient (Wildman–Crippen LogP) is 8.16. The number of carbonyl (C=O) groups excluding carboxylic acids is 1. The van der Waals surface area contributed by atoms with Gasteiger partial charge in [0, 0.05) is 11.6 Å².